The number of anilines is 1. The van der Waals surface area contributed by atoms with E-state index in [1.807, 2.05) is 0 Å². The number of ether oxygens (including phenoxy) is 2. The van der Waals surface area contributed by atoms with Crippen LogP contribution >= 0.6 is 7.82 Å². The molecule has 20 nitrogen and oxygen atoms in total. The maximum Gasteiger partial charge on any atom is 0.472 e. The Kier molecular flexibility index (Phi) is 7.68. The van der Waals surface area contributed by atoms with Gasteiger partial charge in [0.1, 0.15) is 36.0 Å². The van der Waals surface area contributed by atoms with Crippen molar-refractivity contribution in [3.63, 3.8) is 0 Å². The molecular formula is C23H27FN9O11PS. The molecule has 5 N–H and O–H groups in total. The molecule has 9 atom stereocenters. The Morgan fingerprint density at radius 2 is 1.80 bits per heavy atom. The molecule has 2 bridgehead atoms. The van der Waals surface area contributed by atoms with Gasteiger partial charge in [0.05, 0.1) is 37.7 Å². The molecule has 3 aliphatic heterocycles. The number of fused-ring (bicyclic) bond motifs is 5. The maximum atomic E-state index is 16.0. The van der Waals surface area contributed by atoms with E-state index in [0.717, 1.165) is 6.33 Å². The number of alkyl halides is 1. The van der Waals surface area contributed by atoms with Gasteiger partial charge in [-0.1, -0.05) is 0 Å². The number of hydrogen-bond donors (Lipinski definition) is 4. The van der Waals surface area contributed by atoms with Gasteiger partial charge < -0.3 is 30.2 Å². The minimum Gasteiger partial charge on any atom is -0.396 e. The molecule has 0 spiro atoms. The molecule has 4 aromatic heterocycles. The zero-order valence-corrected chi connectivity index (χ0v) is 25.4. The summed E-state index contributed by atoms with van der Waals surface area (Å²) in [6.45, 7) is 0.00954. The Bertz CT molecular complexity index is 2020. The third-order valence-corrected chi connectivity index (χ3v) is 10.3. The van der Waals surface area contributed by atoms with E-state index < -0.39 is 91.4 Å². The molecule has 46 heavy (non-hydrogen) atoms. The predicted molar refractivity (Wildman–Crippen MR) is 150 cm³/mol. The SMILES string of the molecule is Cc1nc2c(ncn2C2OC3CCS(=O)(=O)OC4C(COP(=O)(O)OC2C3CO)OC(n2cnc3c(N)ncnc32)C4F)c(=O)[nH]1. The number of nitrogen functional groups attached to an aromatic ring is 1. The van der Waals surface area contributed by atoms with Gasteiger partial charge in [0, 0.05) is 5.92 Å². The van der Waals surface area contributed by atoms with Crippen molar-refractivity contribution in [3.8, 4) is 0 Å². The number of nitrogens with two attached hydrogens (primary N) is 1. The van der Waals surface area contributed by atoms with E-state index in [4.69, 9.17) is 28.4 Å². The van der Waals surface area contributed by atoms with Crippen molar-refractivity contribution >= 4 is 46.1 Å². The molecule has 0 amide bonds. The normalized spacial score (nSPS) is 35.0. The largest absolute Gasteiger partial charge is 0.472 e. The third kappa shape index (κ3) is 5.38. The summed E-state index contributed by atoms with van der Waals surface area (Å²) in [6, 6.07) is 0. The lowest BCUT2D eigenvalue weighted by Gasteiger charge is -2.26. The van der Waals surface area contributed by atoms with E-state index in [2.05, 4.69) is 29.9 Å². The summed E-state index contributed by atoms with van der Waals surface area (Å²) < 4.78 is 86.0. The second-order valence-electron chi connectivity index (χ2n) is 10.9. The van der Waals surface area contributed by atoms with Crippen LogP contribution in [-0.2, 0) is 37.4 Å². The molecule has 9 unspecified atom stereocenters. The Morgan fingerprint density at radius 1 is 1.09 bits per heavy atom. The zero-order valence-electron chi connectivity index (χ0n) is 23.7. The summed E-state index contributed by atoms with van der Waals surface area (Å²) in [5.74, 6) is -1.52. The highest BCUT2D eigenvalue weighted by Crippen LogP contribution is 2.52. The lowest BCUT2D eigenvalue weighted by Crippen LogP contribution is -2.37. The predicted octanol–water partition coefficient (Wildman–Crippen LogP) is -0.788. The van der Waals surface area contributed by atoms with Gasteiger partial charge in [-0.05, 0) is 13.3 Å². The number of H-pyrrole nitrogens is 1. The number of nitrogens with one attached hydrogen (secondary N) is 1. The molecule has 3 fully saturated rings. The van der Waals surface area contributed by atoms with Gasteiger partial charge in [-0.15, -0.1) is 0 Å². The fraction of sp³-hybridized carbons (Fsp3) is 0.565. The number of imidazole rings is 2. The van der Waals surface area contributed by atoms with Crippen LogP contribution in [0.4, 0.5) is 10.2 Å². The molecule has 7 heterocycles. The van der Waals surface area contributed by atoms with Crippen LogP contribution in [0.25, 0.3) is 22.3 Å². The molecule has 0 radical (unpaired) electrons. The first-order valence-corrected chi connectivity index (χ1v) is 16.9. The molecule has 248 valence electrons. The number of aromatic nitrogens is 8. The fourth-order valence-electron chi connectivity index (χ4n) is 5.91. The summed E-state index contributed by atoms with van der Waals surface area (Å²) in [5, 5.41) is 10.3. The third-order valence-electron chi connectivity index (χ3n) is 8.03. The van der Waals surface area contributed by atoms with Gasteiger partial charge in [-0.25, -0.2) is 33.9 Å². The van der Waals surface area contributed by atoms with E-state index >= 15 is 4.39 Å². The molecular weight excluding hydrogens is 660 g/mol. The van der Waals surface area contributed by atoms with Crippen molar-refractivity contribution in [1.29, 1.82) is 0 Å². The van der Waals surface area contributed by atoms with E-state index in [1.165, 1.54) is 28.7 Å². The smallest absolute Gasteiger partial charge is 0.396 e. The minimum atomic E-state index is -5.07. The van der Waals surface area contributed by atoms with E-state index in [9.17, 15) is 27.8 Å². The van der Waals surface area contributed by atoms with Gasteiger partial charge in [-0.3, -0.25) is 27.2 Å². The number of hydrogen-bond acceptors (Lipinski definition) is 16. The van der Waals surface area contributed by atoms with Gasteiger partial charge in [0.25, 0.3) is 15.7 Å². The van der Waals surface area contributed by atoms with Gasteiger partial charge in [0.2, 0.25) is 0 Å². The number of aliphatic hydroxyl groups excluding tert-OH is 1. The fourth-order valence-corrected chi connectivity index (χ4v) is 8.06. The molecule has 7 rings (SSSR count). The van der Waals surface area contributed by atoms with Gasteiger partial charge in [0.15, 0.2) is 41.3 Å². The quantitative estimate of drug-likeness (QED) is 0.152. The number of aromatic amines is 1. The standard InChI is InChI=1S/C23H27FN9O11PS/c1-9-30-20-15(21(35)31-9)29-8-33(20)23-16-10(4-34)11(41-23)2-3-46(38,39)44-17-12(5-40-45(36,37)43-16)42-22(13(17)24)32-7-28-14-18(25)26-6-27-19(14)32/h6-8,10-13,16-17,22-23,34H,2-5H2,1H3,(H,36,37)(H2,25,26,27)(H,30,31,35). The van der Waals surface area contributed by atoms with Crippen molar-refractivity contribution in [2.75, 3.05) is 24.7 Å². The average Bonchev–Trinajstić information content (AvgIpc) is 3.75. The number of rotatable bonds is 3. The van der Waals surface area contributed by atoms with Crippen LogP contribution in [0, 0.1) is 12.8 Å². The highest BCUT2D eigenvalue weighted by molar-refractivity contribution is 7.86. The Labute approximate surface area is 257 Å². The number of phosphoric acid groups is 1. The summed E-state index contributed by atoms with van der Waals surface area (Å²) in [7, 11) is -9.58. The van der Waals surface area contributed by atoms with Crippen molar-refractivity contribution in [1.82, 2.24) is 39.0 Å². The number of aliphatic hydroxyl groups is 1. The Balaban J connectivity index is 1.22. The van der Waals surface area contributed by atoms with Gasteiger partial charge >= 0.3 is 7.82 Å². The lowest BCUT2D eigenvalue weighted by atomic mass is 9.97. The van der Waals surface area contributed by atoms with Crippen LogP contribution in [0.3, 0.4) is 0 Å². The first-order chi connectivity index (χ1) is 21.9. The highest BCUT2D eigenvalue weighted by Gasteiger charge is 2.53. The molecule has 0 saturated carbocycles. The van der Waals surface area contributed by atoms with Crippen molar-refractivity contribution in [2.45, 2.75) is 56.4 Å². The first-order valence-electron chi connectivity index (χ1n) is 13.8. The Hall–Kier alpha value is -3.47. The lowest BCUT2D eigenvalue weighted by molar-refractivity contribution is -0.0556. The van der Waals surface area contributed by atoms with Crippen molar-refractivity contribution < 1.29 is 50.1 Å². The molecule has 0 aromatic carbocycles. The number of nitrogens with zero attached hydrogens (tertiary/aromatic N) is 7. The van der Waals surface area contributed by atoms with E-state index in [0.29, 0.717) is 0 Å². The van der Waals surface area contributed by atoms with Crippen molar-refractivity contribution in [3.05, 3.63) is 35.2 Å². The van der Waals surface area contributed by atoms with Crippen LogP contribution in [0.2, 0.25) is 0 Å². The molecule has 4 aromatic rings. The topological polar surface area (TPSA) is 271 Å². The van der Waals surface area contributed by atoms with E-state index in [1.54, 1.807) is 0 Å². The van der Waals surface area contributed by atoms with Crippen LogP contribution in [0.15, 0.2) is 23.8 Å². The summed E-state index contributed by atoms with van der Waals surface area (Å²) >= 11 is 0. The number of halogens is 1. The average molecular weight is 688 g/mol. The summed E-state index contributed by atoms with van der Waals surface area (Å²) in [6.07, 6.45) is -7.70. The van der Waals surface area contributed by atoms with Crippen LogP contribution < -0.4 is 11.3 Å². The van der Waals surface area contributed by atoms with E-state index in [-0.39, 0.29) is 40.4 Å². The first kappa shape index (κ1) is 31.1. The molecule has 3 aliphatic rings. The van der Waals surface area contributed by atoms with Crippen LogP contribution in [-0.4, -0.2) is 107 Å². The monoisotopic (exact) mass is 687 g/mol. The zero-order chi connectivity index (χ0) is 32.5. The highest BCUT2D eigenvalue weighted by atomic mass is 32.2. The molecule has 3 saturated heterocycles. The summed E-state index contributed by atoms with van der Waals surface area (Å²) in [5.41, 5.74) is 5.48. The number of aryl methyl sites for hydroxylation is 1. The van der Waals surface area contributed by atoms with Crippen LogP contribution in [0.5, 0.6) is 0 Å². The number of phosphoric ester groups is 1. The van der Waals surface area contributed by atoms with Gasteiger partial charge in [-0.2, -0.15) is 8.42 Å². The molecule has 23 heteroatoms. The minimum absolute atomic E-state index is 0.0120. The van der Waals surface area contributed by atoms with Crippen LogP contribution in [0.1, 0.15) is 24.7 Å². The second kappa shape index (κ2) is 11.3. The summed E-state index contributed by atoms with van der Waals surface area (Å²) in [4.78, 5) is 46.0. The maximum absolute atomic E-state index is 16.0. The Morgan fingerprint density at radius 3 is 2.57 bits per heavy atom. The van der Waals surface area contributed by atoms with Crippen molar-refractivity contribution in [2.24, 2.45) is 5.92 Å². The molecule has 0 aliphatic carbocycles. The second-order valence-corrected chi connectivity index (χ2v) is 14.0.